The highest BCUT2D eigenvalue weighted by atomic mass is 19.4. The standard InChI is InChI=1S/C31H37F4N7O6/c1-30(2,3)48-29(46)40-27-24(25-23(47-27)10-17(12-37-25)5-8-41-9-6-19(32)15-41)26(43)39-21-13-36-7-4-22(21)42-14-18(31(33,34)35)11-20(16-42)38-28(44)45/h4,7,10,12-13,18-20,38H,5-6,8-9,11,14-16H2,1-3H3,(H,39,43)(H,40,46)(H,44,45)/t18-,19-,20+/m1/s1. The van der Waals surface area contributed by atoms with Crippen LogP contribution in [0, 0.1) is 5.92 Å². The van der Waals surface area contributed by atoms with Gasteiger partial charge in [-0.3, -0.25) is 20.1 Å². The van der Waals surface area contributed by atoms with Crippen LogP contribution in [-0.4, -0.2) is 94.8 Å². The summed E-state index contributed by atoms with van der Waals surface area (Å²) in [5, 5.41) is 16.4. The van der Waals surface area contributed by atoms with Crippen molar-refractivity contribution in [2.24, 2.45) is 5.92 Å². The predicted octanol–water partition coefficient (Wildman–Crippen LogP) is 5.43. The van der Waals surface area contributed by atoms with Crippen LogP contribution in [0.1, 0.15) is 49.5 Å². The molecule has 0 aliphatic carbocycles. The number of ether oxygens (including phenoxy) is 1. The number of nitrogens with zero attached hydrogens (tertiary/aromatic N) is 4. The summed E-state index contributed by atoms with van der Waals surface area (Å²) in [4.78, 5) is 49.7. The van der Waals surface area contributed by atoms with Gasteiger partial charge in [-0.05, 0) is 57.7 Å². The number of alkyl halides is 4. The monoisotopic (exact) mass is 679 g/mol. The van der Waals surface area contributed by atoms with Gasteiger partial charge in [-0.25, -0.2) is 14.0 Å². The number of furan rings is 1. The van der Waals surface area contributed by atoms with Gasteiger partial charge in [-0.1, -0.05) is 0 Å². The lowest BCUT2D eigenvalue weighted by Crippen LogP contribution is -2.53. The smallest absolute Gasteiger partial charge is 0.414 e. The topological polar surface area (TPSA) is 162 Å². The van der Waals surface area contributed by atoms with Gasteiger partial charge in [0.25, 0.3) is 5.91 Å². The normalized spacial score (nSPS) is 20.5. The Morgan fingerprint density at radius 1 is 1.12 bits per heavy atom. The molecule has 2 saturated heterocycles. The highest BCUT2D eigenvalue weighted by Gasteiger charge is 2.45. The molecular weight excluding hydrogens is 642 g/mol. The number of amides is 3. The lowest BCUT2D eigenvalue weighted by atomic mass is 9.93. The number of likely N-dealkylation sites (tertiary alicyclic amines) is 1. The van der Waals surface area contributed by atoms with Crippen LogP contribution in [0.3, 0.4) is 0 Å². The second-order valence-corrected chi connectivity index (χ2v) is 12.9. The number of anilines is 3. The first-order chi connectivity index (χ1) is 22.6. The Morgan fingerprint density at radius 3 is 2.56 bits per heavy atom. The lowest BCUT2D eigenvalue weighted by molar-refractivity contribution is -0.177. The molecule has 0 saturated carbocycles. The fourth-order valence-electron chi connectivity index (χ4n) is 5.88. The van der Waals surface area contributed by atoms with E-state index in [1.54, 1.807) is 33.0 Å². The summed E-state index contributed by atoms with van der Waals surface area (Å²) < 4.78 is 66.4. The number of hydrogen-bond donors (Lipinski definition) is 4. The first kappa shape index (κ1) is 34.7. The highest BCUT2D eigenvalue weighted by molar-refractivity contribution is 6.16. The van der Waals surface area contributed by atoms with Gasteiger partial charge in [-0.2, -0.15) is 13.2 Å². The van der Waals surface area contributed by atoms with Gasteiger partial charge >= 0.3 is 18.4 Å². The number of piperidine rings is 1. The van der Waals surface area contributed by atoms with E-state index in [-0.39, 0.29) is 40.5 Å². The molecule has 0 spiro atoms. The molecule has 3 amide bonds. The van der Waals surface area contributed by atoms with E-state index in [2.05, 4.69) is 25.9 Å². The quantitative estimate of drug-likeness (QED) is 0.226. The van der Waals surface area contributed by atoms with Crippen molar-refractivity contribution >= 4 is 46.5 Å². The third-order valence-electron chi connectivity index (χ3n) is 7.99. The van der Waals surface area contributed by atoms with Crippen LogP contribution in [0.5, 0.6) is 0 Å². The average Bonchev–Trinajstić information content (AvgIpc) is 3.56. The molecule has 2 fully saturated rings. The Kier molecular flexibility index (Phi) is 9.98. The van der Waals surface area contributed by atoms with E-state index < -0.39 is 61.0 Å². The van der Waals surface area contributed by atoms with Gasteiger partial charge in [0.05, 0.1) is 29.5 Å². The van der Waals surface area contributed by atoms with Crippen LogP contribution in [0.4, 0.5) is 44.4 Å². The summed E-state index contributed by atoms with van der Waals surface area (Å²) in [6, 6.07) is 2.04. The van der Waals surface area contributed by atoms with Crippen LogP contribution in [0.15, 0.2) is 35.1 Å². The first-order valence-electron chi connectivity index (χ1n) is 15.4. The number of carboxylic acid groups (broad SMARTS) is 1. The molecule has 4 N–H and O–H groups in total. The van der Waals surface area contributed by atoms with E-state index in [9.17, 15) is 37.1 Å². The number of halogens is 4. The van der Waals surface area contributed by atoms with Crippen LogP contribution >= 0.6 is 0 Å². The average molecular weight is 680 g/mol. The maximum atomic E-state index is 13.9. The lowest BCUT2D eigenvalue weighted by Gasteiger charge is -2.40. The van der Waals surface area contributed by atoms with E-state index in [4.69, 9.17) is 9.15 Å². The second kappa shape index (κ2) is 13.8. The van der Waals surface area contributed by atoms with Gasteiger partial charge in [0, 0.05) is 45.1 Å². The zero-order valence-corrected chi connectivity index (χ0v) is 26.6. The molecule has 17 heteroatoms. The number of pyridine rings is 2. The summed E-state index contributed by atoms with van der Waals surface area (Å²) in [5.74, 6) is -2.93. The molecule has 2 aliphatic heterocycles. The Bertz CT molecular complexity index is 1660. The minimum absolute atomic E-state index is 0.0327. The van der Waals surface area contributed by atoms with Gasteiger partial charge in [0.1, 0.15) is 22.9 Å². The van der Waals surface area contributed by atoms with E-state index in [0.717, 1.165) is 5.56 Å². The number of carbonyl (C=O) groups excluding carboxylic acids is 2. The van der Waals surface area contributed by atoms with Gasteiger partial charge < -0.3 is 34.7 Å². The number of fused-ring (bicyclic) bond motifs is 1. The molecule has 0 radical (unpaired) electrons. The molecule has 5 heterocycles. The van der Waals surface area contributed by atoms with E-state index in [1.165, 1.54) is 23.4 Å². The molecule has 0 aromatic carbocycles. The maximum Gasteiger partial charge on any atom is 0.414 e. The Labute approximate surface area is 273 Å². The van der Waals surface area contributed by atoms with Crippen LogP contribution in [0.25, 0.3) is 11.1 Å². The summed E-state index contributed by atoms with van der Waals surface area (Å²) >= 11 is 0. The zero-order valence-electron chi connectivity index (χ0n) is 26.6. The zero-order chi connectivity index (χ0) is 34.8. The van der Waals surface area contributed by atoms with Crippen LogP contribution in [-0.2, 0) is 11.2 Å². The SMILES string of the molecule is CC(C)(C)OC(=O)Nc1oc2cc(CCN3CC[C@@H](F)C3)cnc2c1C(=O)Nc1cnccc1N1C[C@@H](NC(=O)O)C[C@@H](C(F)(F)F)C1. The van der Waals surface area contributed by atoms with Crippen molar-refractivity contribution in [3.63, 3.8) is 0 Å². The van der Waals surface area contributed by atoms with Gasteiger partial charge in [0.15, 0.2) is 5.58 Å². The van der Waals surface area contributed by atoms with E-state index >= 15 is 0 Å². The Balaban J connectivity index is 1.44. The summed E-state index contributed by atoms with van der Waals surface area (Å²) in [5.41, 5.74) is 0.174. The number of aromatic nitrogens is 2. The summed E-state index contributed by atoms with van der Waals surface area (Å²) in [6.07, 6.45) is -3.12. The summed E-state index contributed by atoms with van der Waals surface area (Å²) in [6.45, 7) is 5.97. The summed E-state index contributed by atoms with van der Waals surface area (Å²) in [7, 11) is 0. The number of rotatable bonds is 8. The molecule has 5 rings (SSSR count). The predicted molar refractivity (Wildman–Crippen MR) is 167 cm³/mol. The molecule has 260 valence electrons. The molecule has 3 atom stereocenters. The van der Waals surface area contributed by atoms with Crippen LogP contribution < -0.4 is 20.9 Å². The molecule has 13 nitrogen and oxygen atoms in total. The number of nitrogens with one attached hydrogen (secondary N) is 3. The van der Waals surface area contributed by atoms with Crippen molar-refractivity contribution in [2.75, 3.05) is 48.3 Å². The first-order valence-corrected chi connectivity index (χ1v) is 15.4. The highest BCUT2D eigenvalue weighted by Crippen LogP contribution is 2.38. The molecule has 0 bridgehead atoms. The van der Waals surface area contributed by atoms with E-state index in [0.29, 0.717) is 32.5 Å². The molecule has 3 aromatic heterocycles. The number of hydrogen-bond acceptors (Lipinski definition) is 9. The molecular formula is C31H37F4N7O6. The van der Waals surface area contributed by atoms with Crippen molar-refractivity contribution in [3.05, 3.63) is 41.9 Å². The minimum atomic E-state index is -4.60. The van der Waals surface area contributed by atoms with E-state index in [1.807, 2.05) is 4.90 Å². The Morgan fingerprint density at radius 2 is 1.90 bits per heavy atom. The molecule has 2 aliphatic rings. The van der Waals surface area contributed by atoms with Crippen molar-refractivity contribution in [1.29, 1.82) is 0 Å². The molecule has 3 aromatic rings. The fraction of sp³-hybridized carbons (Fsp3) is 0.516. The molecule has 0 unspecified atom stereocenters. The largest absolute Gasteiger partial charge is 0.465 e. The minimum Gasteiger partial charge on any atom is -0.465 e. The van der Waals surface area contributed by atoms with Crippen molar-refractivity contribution in [1.82, 2.24) is 20.2 Å². The van der Waals surface area contributed by atoms with Gasteiger partial charge in [0.2, 0.25) is 5.88 Å². The fourth-order valence-corrected chi connectivity index (χ4v) is 5.88. The van der Waals surface area contributed by atoms with Crippen LogP contribution in [0.2, 0.25) is 0 Å². The number of carbonyl (C=O) groups is 3. The van der Waals surface area contributed by atoms with Crippen molar-refractivity contribution < 1.29 is 46.2 Å². The van der Waals surface area contributed by atoms with Gasteiger partial charge in [-0.15, -0.1) is 0 Å². The maximum absolute atomic E-state index is 13.9. The second-order valence-electron chi connectivity index (χ2n) is 12.9. The third kappa shape index (κ3) is 8.62. The van der Waals surface area contributed by atoms with Crippen molar-refractivity contribution in [2.45, 2.75) is 64.0 Å². The third-order valence-corrected chi connectivity index (χ3v) is 7.99. The van der Waals surface area contributed by atoms with Crippen molar-refractivity contribution in [3.8, 4) is 0 Å². The molecule has 48 heavy (non-hydrogen) atoms. The Hall–Kier alpha value is -4.67.